The lowest BCUT2D eigenvalue weighted by atomic mass is 10.1. The Morgan fingerprint density at radius 2 is 1.48 bits per heavy atom. The number of anilines is 1. The third-order valence-corrected chi connectivity index (χ3v) is 5.25. The van der Waals surface area contributed by atoms with Gasteiger partial charge in [-0.05, 0) is 85.0 Å². The lowest BCUT2D eigenvalue weighted by Crippen LogP contribution is -2.40. The molecule has 146 valence electrons. The van der Waals surface area contributed by atoms with Crippen molar-refractivity contribution in [2.45, 2.75) is 6.23 Å². The van der Waals surface area contributed by atoms with Gasteiger partial charge in [-0.3, -0.25) is 4.90 Å². The average molecular weight is 443 g/mol. The molecule has 0 saturated heterocycles. The van der Waals surface area contributed by atoms with Crippen molar-refractivity contribution < 1.29 is 9.47 Å². The number of hydrogen-bond donors (Lipinski definition) is 0. The minimum absolute atomic E-state index is 0.393. The molecule has 3 aromatic rings. The topological polar surface area (TPSA) is 34.1 Å². The second-order valence-electron chi connectivity index (χ2n) is 6.30. The Morgan fingerprint density at radius 1 is 0.897 bits per heavy atom. The Kier molecular flexibility index (Phi) is 5.72. The van der Waals surface area contributed by atoms with Gasteiger partial charge in [-0.25, -0.2) is 0 Å². The number of nitrogens with zero attached hydrogens (tertiary/aromatic N) is 2. The zero-order valence-corrected chi connectivity index (χ0v) is 17.7. The Bertz CT molecular complexity index is 1050. The van der Waals surface area contributed by atoms with E-state index in [0.29, 0.717) is 21.1 Å². The van der Waals surface area contributed by atoms with Crippen molar-refractivity contribution in [3.8, 4) is 5.75 Å². The number of hydrogen-bond acceptors (Lipinski definition) is 3. The van der Waals surface area contributed by atoms with Crippen molar-refractivity contribution >= 4 is 52.1 Å². The van der Waals surface area contributed by atoms with Crippen LogP contribution >= 0.6 is 35.4 Å². The maximum absolute atomic E-state index is 6.31. The van der Waals surface area contributed by atoms with Gasteiger partial charge in [-0.15, -0.1) is 0 Å². The van der Waals surface area contributed by atoms with Crippen LogP contribution < -0.4 is 9.64 Å². The normalized spacial score (nSPS) is 16.2. The highest BCUT2D eigenvalue weighted by atomic mass is 35.5. The lowest BCUT2D eigenvalue weighted by Gasteiger charge is -2.36. The fraction of sp³-hybridized carbons (Fsp3) is 0.0909. The molecule has 1 aliphatic heterocycles. The molecule has 0 spiro atoms. The quantitative estimate of drug-likeness (QED) is 0.445. The molecule has 1 heterocycles. The molecule has 1 aliphatic rings. The first-order chi connectivity index (χ1) is 14.0. The number of halogens is 2. The molecule has 0 saturated carbocycles. The molecule has 0 radical (unpaired) electrons. The van der Waals surface area contributed by atoms with E-state index in [-0.39, 0.29) is 0 Å². The summed E-state index contributed by atoms with van der Waals surface area (Å²) in [6, 6.07) is 22.3. The summed E-state index contributed by atoms with van der Waals surface area (Å²) in [5, 5.41) is 1.68. The first-order valence-corrected chi connectivity index (χ1v) is 9.95. The second kappa shape index (κ2) is 8.41. The third kappa shape index (κ3) is 4.22. The maximum Gasteiger partial charge on any atom is 0.225 e. The van der Waals surface area contributed by atoms with Crippen LogP contribution in [0.1, 0.15) is 17.4 Å². The SMILES string of the molecule is COc1ccc(C2OC(c3ccc(Cl)cc3)=NC(=S)N2c2ccc(Cl)cc2)cc1. The zero-order chi connectivity index (χ0) is 20.4. The van der Waals surface area contributed by atoms with Gasteiger partial charge in [0, 0.05) is 26.9 Å². The van der Waals surface area contributed by atoms with Crippen LogP contribution in [-0.2, 0) is 4.74 Å². The summed E-state index contributed by atoms with van der Waals surface area (Å²) >= 11 is 17.7. The summed E-state index contributed by atoms with van der Waals surface area (Å²) in [6.45, 7) is 0. The fourth-order valence-corrected chi connectivity index (χ4v) is 3.52. The van der Waals surface area contributed by atoms with Gasteiger partial charge in [0.25, 0.3) is 0 Å². The molecule has 1 atom stereocenters. The molecule has 0 fully saturated rings. The van der Waals surface area contributed by atoms with Crippen molar-refractivity contribution in [2.24, 2.45) is 4.99 Å². The van der Waals surface area contributed by atoms with Crippen molar-refractivity contribution in [1.82, 2.24) is 0 Å². The molecule has 4 rings (SSSR count). The van der Waals surface area contributed by atoms with Crippen molar-refractivity contribution in [2.75, 3.05) is 12.0 Å². The van der Waals surface area contributed by atoms with Crippen LogP contribution in [0, 0.1) is 0 Å². The minimum Gasteiger partial charge on any atom is -0.497 e. The van der Waals surface area contributed by atoms with Gasteiger partial charge in [0.15, 0.2) is 0 Å². The molecule has 0 bridgehead atoms. The Balaban J connectivity index is 1.77. The molecule has 0 amide bonds. The van der Waals surface area contributed by atoms with E-state index in [9.17, 15) is 0 Å². The van der Waals surface area contributed by atoms with Crippen molar-refractivity contribution in [3.63, 3.8) is 0 Å². The fourth-order valence-electron chi connectivity index (χ4n) is 2.98. The summed E-state index contributed by atoms with van der Waals surface area (Å²) in [4.78, 5) is 6.38. The molecule has 0 N–H and O–H groups in total. The molecular formula is C22H16Cl2N2O2S. The van der Waals surface area contributed by atoms with Crippen LogP contribution in [0.25, 0.3) is 0 Å². The average Bonchev–Trinajstić information content (AvgIpc) is 2.75. The molecule has 3 aromatic carbocycles. The second-order valence-corrected chi connectivity index (χ2v) is 7.53. The van der Waals surface area contributed by atoms with E-state index >= 15 is 0 Å². The highest BCUT2D eigenvalue weighted by Gasteiger charge is 2.32. The van der Waals surface area contributed by atoms with Gasteiger partial charge in [-0.2, -0.15) is 4.99 Å². The van der Waals surface area contributed by atoms with E-state index in [1.54, 1.807) is 19.2 Å². The van der Waals surface area contributed by atoms with E-state index < -0.39 is 6.23 Å². The van der Waals surface area contributed by atoms with Gasteiger partial charge in [0.1, 0.15) is 5.75 Å². The van der Waals surface area contributed by atoms with Crippen LogP contribution in [0.4, 0.5) is 5.69 Å². The smallest absolute Gasteiger partial charge is 0.225 e. The highest BCUT2D eigenvalue weighted by Crippen LogP contribution is 2.34. The molecule has 1 unspecified atom stereocenters. The number of benzene rings is 3. The molecular weight excluding hydrogens is 427 g/mol. The summed E-state index contributed by atoms with van der Waals surface area (Å²) in [6.07, 6.45) is -0.502. The van der Waals surface area contributed by atoms with E-state index in [4.69, 9.17) is 44.9 Å². The monoisotopic (exact) mass is 442 g/mol. The van der Waals surface area contributed by atoms with E-state index in [1.165, 1.54) is 0 Å². The number of rotatable bonds is 4. The van der Waals surface area contributed by atoms with Gasteiger partial charge >= 0.3 is 0 Å². The van der Waals surface area contributed by atoms with Crippen LogP contribution in [0.2, 0.25) is 10.0 Å². The third-order valence-electron chi connectivity index (χ3n) is 4.46. The van der Waals surface area contributed by atoms with Gasteiger partial charge < -0.3 is 9.47 Å². The number of aliphatic imine (C=N–C) groups is 1. The van der Waals surface area contributed by atoms with Crippen LogP contribution in [0.5, 0.6) is 5.75 Å². The summed E-state index contributed by atoms with van der Waals surface area (Å²) in [5.74, 6) is 1.20. The summed E-state index contributed by atoms with van der Waals surface area (Å²) in [7, 11) is 1.63. The molecule has 7 heteroatoms. The minimum atomic E-state index is -0.502. The lowest BCUT2D eigenvalue weighted by molar-refractivity contribution is 0.196. The highest BCUT2D eigenvalue weighted by molar-refractivity contribution is 7.80. The molecule has 0 aromatic heterocycles. The first-order valence-electron chi connectivity index (χ1n) is 8.79. The van der Waals surface area contributed by atoms with Gasteiger partial charge in [0.05, 0.1) is 7.11 Å². The van der Waals surface area contributed by atoms with Crippen molar-refractivity contribution in [3.05, 3.63) is 94.0 Å². The molecule has 29 heavy (non-hydrogen) atoms. The standard InChI is InChI=1S/C22H16Cl2N2O2S/c1-27-19-12-4-15(5-13-19)21-26(18-10-8-17(24)9-11-18)22(29)25-20(28-21)14-2-6-16(23)7-3-14/h2-13,21H,1H3. The van der Waals surface area contributed by atoms with Crippen molar-refractivity contribution in [1.29, 1.82) is 0 Å². The molecule has 4 nitrogen and oxygen atoms in total. The molecule has 0 aliphatic carbocycles. The Labute approximate surface area is 184 Å². The van der Waals surface area contributed by atoms with E-state index in [0.717, 1.165) is 22.6 Å². The maximum atomic E-state index is 6.31. The Morgan fingerprint density at radius 3 is 2.07 bits per heavy atom. The van der Waals surface area contributed by atoms with E-state index in [2.05, 4.69) is 4.99 Å². The largest absolute Gasteiger partial charge is 0.497 e. The first kappa shape index (κ1) is 19.7. The number of methoxy groups -OCH3 is 1. The van der Waals surface area contributed by atoms with Gasteiger partial charge in [-0.1, -0.05) is 23.2 Å². The number of thiocarbonyl (C=S) groups is 1. The predicted molar refractivity (Wildman–Crippen MR) is 121 cm³/mol. The van der Waals surface area contributed by atoms with Crippen LogP contribution in [0.15, 0.2) is 77.8 Å². The van der Waals surface area contributed by atoms with E-state index in [1.807, 2.05) is 65.6 Å². The number of ether oxygens (including phenoxy) is 2. The van der Waals surface area contributed by atoms with Crippen LogP contribution in [0.3, 0.4) is 0 Å². The summed E-state index contributed by atoms with van der Waals surface area (Å²) < 4.78 is 11.6. The Hall–Kier alpha value is -2.60. The summed E-state index contributed by atoms with van der Waals surface area (Å²) in [5.41, 5.74) is 2.54. The van der Waals surface area contributed by atoms with Gasteiger partial charge in [0.2, 0.25) is 17.2 Å². The van der Waals surface area contributed by atoms with Crippen LogP contribution in [-0.4, -0.2) is 18.1 Å². The zero-order valence-electron chi connectivity index (χ0n) is 15.4. The predicted octanol–water partition coefficient (Wildman–Crippen LogP) is 6.27.